The van der Waals surface area contributed by atoms with Gasteiger partial charge in [0.1, 0.15) is 0 Å². The van der Waals surface area contributed by atoms with Gasteiger partial charge in [-0.15, -0.1) is 0 Å². The Kier molecular flexibility index (Phi) is 4.97. The second-order valence-electron chi connectivity index (χ2n) is 6.67. The number of hydrogen-bond acceptors (Lipinski definition) is 3. The molecular weight excluding hydrogens is 351 g/mol. The maximum Gasteiger partial charge on any atom is 0.394 e. The van der Waals surface area contributed by atoms with Gasteiger partial charge in [0, 0.05) is 37.6 Å². The fraction of sp³-hybridized carbons (Fsp3) is 0.529. The molecule has 9 heteroatoms. The summed E-state index contributed by atoms with van der Waals surface area (Å²) < 4.78 is 39.1. The molecule has 2 aliphatic heterocycles. The maximum absolute atomic E-state index is 13.0. The minimum Gasteiger partial charge on any atom is -0.481 e. The second kappa shape index (κ2) is 7.05. The van der Waals surface area contributed by atoms with Crippen LogP contribution in [-0.4, -0.2) is 54.4 Å². The Morgan fingerprint density at radius 2 is 1.85 bits per heavy atom. The maximum atomic E-state index is 13.0. The number of rotatable bonds is 3. The molecule has 26 heavy (non-hydrogen) atoms. The molecule has 2 atom stereocenters. The van der Waals surface area contributed by atoms with Crippen LogP contribution < -0.4 is 10.2 Å². The van der Waals surface area contributed by atoms with Crippen LogP contribution in [0.5, 0.6) is 0 Å². The van der Waals surface area contributed by atoms with Gasteiger partial charge in [-0.1, -0.05) is 6.07 Å². The summed E-state index contributed by atoms with van der Waals surface area (Å²) in [5, 5.41) is 11.6. The average Bonchev–Trinajstić information content (AvgIpc) is 3.24. The highest BCUT2D eigenvalue weighted by Crippen LogP contribution is 2.38. The molecule has 2 saturated heterocycles. The highest BCUT2D eigenvalue weighted by molar-refractivity contribution is 5.90. The number of benzene rings is 1. The molecule has 2 amide bonds. The number of carboxylic acid groups (broad SMARTS) is 1. The zero-order valence-corrected chi connectivity index (χ0v) is 14.0. The third-order valence-corrected chi connectivity index (χ3v) is 4.91. The van der Waals surface area contributed by atoms with Crippen molar-refractivity contribution in [2.24, 2.45) is 11.8 Å². The van der Waals surface area contributed by atoms with Crippen LogP contribution in [0.3, 0.4) is 0 Å². The zero-order valence-electron chi connectivity index (χ0n) is 14.0. The van der Waals surface area contributed by atoms with E-state index < -0.39 is 43.1 Å². The van der Waals surface area contributed by atoms with E-state index in [0.29, 0.717) is 5.69 Å². The Labute approximate surface area is 148 Å². The van der Waals surface area contributed by atoms with Gasteiger partial charge in [0.25, 0.3) is 0 Å². The number of likely N-dealkylation sites (tertiary alicyclic amines) is 1. The van der Waals surface area contributed by atoms with Gasteiger partial charge in [-0.3, -0.25) is 4.79 Å². The van der Waals surface area contributed by atoms with Crippen molar-refractivity contribution in [3.8, 4) is 0 Å². The third kappa shape index (κ3) is 3.86. The molecule has 0 radical (unpaired) electrons. The predicted octanol–water partition coefficient (Wildman–Crippen LogP) is 3.01. The second-order valence-corrected chi connectivity index (χ2v) is 6.67. The van der Waals surface area contributed by atoms with E-state index in [1.807, 2.05) is 6.07 Å². The number of nitrogens with zero attached hydrogens (tertiary/aromatic N) is 2. The van der Waals surface area contributed by atoms with Crippen molar-refractivity contribution in [1.82, 2.24) is 4.90 Å². The smallest absolute Gasteiger partial charge is 0.394 e. The number of halogens is 3. The van der Waals surface area contributed by atoms with Gasteiger partial charge in [0.05, 0.1) is 11.8 Å². The van der Waals surface area contributed by atoms with Gasteiger partial charge in [-0.25, -0.2) is 4.79 Å². The van der Waals surface area contributed by atoms with Crippen molar-refractivity contribution < 1.29 is 27.9 Å². The number of carbonyl (C=O) groups is 2. The molecule has 0 spiro atoms. The van der Waals surface area contributed by atoms with E-state index in [2.05, 4.69) is 10.2 Å². The first-order valence-electron chi connectivity index (χ1n) is 8.46. The number of carbonyl (C=O) groups excluding carboxylic acids is 1. The lowest BCUT2D eigenvalue weighted by Crippen LogP contribution is -2.35. The summed E-state index contributed by atoms with van der Waals surface area (Å²) in [6.07, 6.45) is -2.46. The zero-order chi connectivity index (χ0) is 18.9. The number of amides is 2. The van der Waals surface area contributed by atoms with Crippen molar-refractivity contribution in [2.45, 2.75) is 19.0 Å². The van der Waals surface area contributed by atoms with Gasteiger partial charge in [0.2, 0.25) is 0 Å². The molecule has 6 nitrogen and oxygen atoms in total. The van der Waals surface area contributed by atoms with Crippen LogP contribution in [0.1, 0.15) is 12.8 Å². The number of carboxylic acids is 1. The summed E-state index contributed by atoms with van der Waals surface area (Å²) in [5.74, 6) is -5.24. The van der Waals surface area contributed by atoms with Gasteiger partial charge in [0.15, 0.2) is 0 Å². The van der Waals surface area contributed by atoms with E-state index >= 15 is 0 Å². The van der Waals surface area contributed by atoms with Gasteiger partial charge in [-0.2, -0.15) is 13.2 Å². The van der Waals surface area contributed by atoms with E-state index in [1.54, 1.807) is 18.2 Å². The number of alkyl halides is 3. The van der Waals surface area contributed by atoms with Gasteiger partial charge in [-0.05, 0) is 31.0 Å². The topological polar surface area (TPSA) is 72.9 Å². The number of urea groups is 1. The van der Waals surface area contributed by atoms with Crippen molar-refractivity contribution >= 4 is 23.4 Å². The number of aliphatic carboxylic acids is 1. The first kappa shape index (κ1) is 18.3. The first-order valence-corrected chi connectivity index (χ1v) is 8.46. The largest absolute Gasteiger partial charge is 0.481 e. The molecular formula is C17H20F3N3O3. The van der Waals surface area contributed by atoms with Crippen LogP contribution in [0.25, 0.3) is 0 Å². The van der Waals surface area contributed by atoms with Crippen LogP contribution in [0.2, 0.25) is 0 Å². The Hall–Kier alpha value is -2.45. The molecule has 1 aromatic rings. The van der Waals surface area contributed by atoms with Crippen molar-refractivity contribution in [3.63, 3.8) is 0 Å². The van der Waals surface area contributed by atoms with E-state index in [-0.39, 0.29) is 0 Å². The Balaban J connectivity index is 1.68. The number of hydrogen-bond donors (Lipinski definition) is 2. The van der Waals surface area contributed by atoms with E-state index in [4.69, 9.17) is 5.11 Å². The molecule has 0 aliphatic carbocycles. The number of anilines is 2. The predicted molar refractivity (Wildman–Crippen MR) is 89.2 cm³/mol. The molecule has 0 saturated carbocycles. The third-order valence-electron chi connectivity index (χ3n) is 4.91. The van der Waals surface area contributed by atoms with E-state index in [0.717, 1.165) is 36.5 Å². The molecule has 2 fully saturated rings. The molecule has 2 heterocycles. The molecule has 1 aromatic carbocycles. The molecule has 0 unspecified atom stereocenters. The minimum absolute atomic E-state index is 0.461. The Morgan fingerprint density at radius 1 is 1.15 bits per heavy atom. The van der Waals surface area contributed by atoms with Crippen LogP contribution >= 0.6 is 0 Å². The SMILES string of the molecule is O=C(O)[C@@H]1CN(C(=O)Nc2cccc(N3CCCC3)c2)C[C@H]1C(F)(F)F. The highest BCUT2D eigenvalue weighted by Gasteiger charge is 2.53. The lowest BCUT2D eigenvalue weighted by molar-refractivity contribution is -0.187. The molecule has 2 aliphatic rings. The molecule has 3 rings (SSSR count). The van der Waals surface area contributed by atoms with E-state index in [1.165, 1.54) is 0 Å². The highest BCUT2D eigenvalue weighted by atomic mass is 19.4. The summed E-state index contributed by atoms with van der Waals surface area (Å²) in [5.41, 5.74) is 1.42. The normalized spacial score (nSPS) is 23.3. The number of nitrogens with one attached hydrogen (secondary N) is 1. The quantitative estimate of drug-likeness (QED) is 0.857. The summed E-state index contributed by atoms with van der Waals surface area (Å²) in [6.45, 7) is 0.740. The summed E-state index contributed by atoms with van der Waals surface area (Å²) >= 11 is 0. The lowest BCUT2D eigenvalue weighted by Gasteiger charge is -2.20. The minimum atomic E-state index is -4.66. The van der Waals surface area contributed by atoms with Crippen molar-refractivity contribution in [1.29, 1.82) is 0 Å². The summed E-state index contributed by atoms with van der Waals surface area (Å²) in [7, 11) is 0. The van der Waals surface area contributed by atoms with Crippen LogP contribution in [0, 0.1) is 11.8 Å². The van der Waals surface area contributed by atoms with Crippen LogP contribution in [-0.2, 0) is 4.79 Å². The summed E-state index contributed by atoms with van der Waals surface area (Å²) in [4.78, 5) is 26.5. The molecule has 2 N–H and O–H groups in total. The Bertz CT molecular complexity index is 689. The average molecular weight is 371 g/mol. The van der Waals surface area contributed by atoms with E-state index in [9.17, 15) is 22.8 Å². The Morgan fingerprint density at radius 3 is 2.42 bits per heavy atom. The van der Waals surface area contributed by atoms with Crippen molar-refractivity contribution in [3.05, 3.63) is 24.3 Å². The fourth-order valence-corrected chi connectivity index (χ4v) is 3.51. The van der Waals surface area contributed by atoms with Crippen LogP contribution in [0.15, 0.2) is 24.3 Å². The van der Waals surface area contributed by atoms with Crippen LogP contribution in [0.4, 0.5) is 29.3 Å². The first-order chi connectivity index (χ1) is 12.3. The van der Waals surface area contributed by atoms with Gasteiger partial charge >= 0.3 is 18.2 Å². The summed E-state index contributed by atoms with van der Waals surface area (Å²) in [6, 6.07) is 6.39. The standard InChI is InChI=1S/C17H20F3N3O3/c18-17(19,20)14-10-23(9-13(14)15(24)25)16(26)21-11-4-3-5-12(8-11)22-6-1-2-7-22/h3-5,8,13-14H,1-2,6-7,9-10H2,(H,21,26)(H,24,25)/t13-,14-/m1/s1. The molecule has 0 bridgehead atoms. The van der Waals surface area contributed by atoms with Crippen molar-refractivity contribution in [2.75, 3.05) is 36.4 Å². The molecule has 0 aromatic heterocycles. The fourth-order valence-electron chi connectivity index (χ4n) is 3.51. The lowest BCUT2D eigenvalue weighted by atomic mass is 9.96. The monoisotopic (exact) mass is 371 g/mol. The molecule has 142 valence electrons. The van der Waals surface area contributed by atoms with Gasteiger partial charge < -0.3 is 20.2 Å².